The average molecular weight is 568 g/mol. The van der Waals surface area contributed by atoms with E-state index in [4.69, 9.17) is 14.0 Å². The molecule has 218 valence electrons. The number of Topliss-reactive ketones (excluding diaryl/α,β-unsaturated/α-hetero) is 1. The zero-order valence-electron chi connectivity index (χ0n) is 24.5. The van der Waals surface area contributed by atoms with E-state index >= 15 is 0 Å². The summed E-state index contributed by atoms with van der Waals surface area (Å²) in [5.41, 5.74) is 2.03. The van der Waals surface area contributed by atoms with Gasteiger partial charge in [0.2, 0.25) is 11.7 Å². The number of likely N-dealkylation sites (tertiary alicyclic amines) is 1. The van der Waals surface area contributed by atoms with Crippen molar-refractivity contribution in [2.24, 2.45) is 5.92 Å². The molecule has 1 spiro atoms. The molecule has 8 nitrogen and oxygen atoms in total. The Labute approximate surface area is 245 Å². The van der Waals surface area contributed by atoms with Crippen LogP contribution in [0.15, 0.2) is 47.0 Å². The Kier molecular flexibility index (Phi) is 5.59. The van der Waals surface area contributed by atoms with Crippen molar-refractivity contribution in [3.8, 4) is 17.1 Å². The van der Waals surface area contributed by atoms with Crippen LogP contribution in [0, 0.1) is 12.8 Å². The van der Waals surface area contributed by atoms with Crippen LogP contribution in [0.25, 0.3) is 11.4 Å². The number of carbonyl (C=O) groups is 2. The molecular formula is C34H37N3O5. The van der Waals surface area contributed by atoms with E-state index in [1.54, 1.807) is 0 Å². The Balaban J connectivity index is 1.16. The van der Waals surface area contributed by atoms with Crippen LogP contribution in [0.4, 0.5) is 0 Å². The second-order valence-corrected chi connectivity index (χ2v) is 13.8. The summed E-state index contributed by atoms with van der Waals surface area (Å²) in [6.45, 7) is 7.83. The van der Waals surface area contributed by atoms with Crippen molar-refractivity contribution >= 4 is 11.8 Å². The molecule has 5 aliphatic rings. The van der Waals surface area contributed by atoms with Gasteiger partial charge in [-0.05, 0) is 62.6 Å². The van der Waals surface area contributed by atoms with Gasteiger partial charge in [0, 0.05) is 24.1 Å². The van der Waals surface area contributed by atoms with Crippen molar-refractivity contribution in [1.29, 1.82) is 0 Å². The average Bonchev–Trinajstić information content (AvgIpc) is 3.49. The van der Waals surface area contributed by atoms with Crippen LogP contribution >= 0.6 is 0 Å². The zero-order chi connectivity index (χ0) is 28.9. The molecule has 2 aliphatic heterocycles. The summed E-state index contributed by atoms with van der Waals surface area (Å²) in [6, 6.07) is 14.0. The first-order valence-electron chi connectivity index (χ1n) is 15.4. The Morgan fingerprint density at radius 3 is 2.74 bits per heavy atom. The monoisotopic (exact) mass is 567 g/mol. The number of benzene rings is 2. The van der Waals surface area contributed by atoms with Crippen molar-refractivity contribution in [1.82, 2.24) is 15.0 Å². The highest BCUT2D eigenvalue weighted by Crippen LogP contribution is 2.65. The minimum Gasteiger partial charge on any atom is -0.481 e. The molecule has 8 heteroatoms. The van der Waals surface area contributed by atoms with E-state index in [0.29, 0.717) is 30.5 Å². The molecular weight excluding hydrogens is 530 g/mol. The standard InChI is InChI=1S/C34H37N3O5/c1-20-9-12-23-17-25-34(41-26(39)18-32(2,3)31-35-30(36-42-31)22-7-5-4-6-8-22)14-13-24(38)29-33(34,27(23)28(20)40-29)15-16-37(25)19-21-10-11-21/h4-9,12,21,25,29H,10-11,13-19H2,1-3H3/t25-,29+,33+,34-/m1/s1. The fraction of sp³-hybridized carbons (Fsp3) is 0.529. The Hall–Kier alpha value is -3.52. The van der Waals surface area contributed by atoms with Gasteiger partial charge in [-0.15, -0.1) is 0 Å². The molecule has 3 aromatic rings. The number of rotatable bonds is 7. The van der Waals surface area contributed by atoms with Gasteiger partial charge in [0.05, 0.1) is 23.3 Å². The van der Waals surface area contributed by atoms with Crippen LogP contribution in [-0.2, 0) is 31.6 Å². The number of piperidine rings is 1. The SMILES string of the molecule is Cc1ccc2c3c1O[C@H]1C(=O)CC[C@@]4(OC(=O)CC(C)(C)c5nc(-c6ccccc6)no5)[C@@H](C2)N(CC2CC2)CC[C@]314. The highest BCUT2D eigenvalue weighted by molar-refractivity contribution is 5.90. The van der Waals surface area contributed by atoms with Gasteiger partial charge in [-0.3, -0.25) is 14.5 Å². The summed E-state index contributed by atoms with van der Waals surface area (Å²) in [5, 5.41) is 4.19. The Morgan fingerprint density at radius 2 is 1.95 bits per heavy atom. The first-order valence-corrected chi connectivity index (χ1v) is 15.4. The van der Waals surface area contributed by atoms with Gasteiger partial charge >= 0.3 is 5.97 Å². The lowest BCUT2D eigenvalue weighted by Gasteiger charge is -2.63. The summed E-state index contributed by atoms with van der Waals surface area (Å²) in [7, 11) is 0. The summed E-state index contributed by atoms with van der Waals surface area (Å²) < 4.78 is 19.1. The molecule has 4 atom stereocenters. The minimum atomic E-state index is -0.831. The lowest BCUT2D eigenvalue weighted by Crippen LogP contribution is -2.77. The molecule has 0 unspecified atom stereocenters. The van der Waals surface area contributed by atoms with Crippen molar-refractivity contribution in [2.45, 2.75) is 94.3 Å². The van der Waals surface area contributed by atoms with Gasteiger partial charge in [-0.25, -0.2) is 0 Å². The van der Waals surface area contributed by atoms with Crippen LogP contribution in [0.3, 0.4) is 0 Å². The second kappa shape index (κ2) is 8.99. The molecule has 3 heterocycles. The zero-order valence-corrected chi connectivity index (χ0v) is 24.5. The fourth-order valence-electron chi connectivity index (χ4n) is 8.47. The number of carbonyl (C=O) groups excluding carboxylic acids is 2. The van der Waals surface area contributed by atoms with E-state index in [2.05, 4.69) is 27.2 Å². The summed E-state index contributed by atoms with van der Waals surface area (Å²) in [6.07, 6.45) is 4.40. The van der Waals surface area contributed by atoms with Crippen LogP contribution < -0.4 is 4.74 Å². The normalized spacial score (nSPS) is 29.6. The second-order valence-electron chi connectivity index (χ2n) is 13.8. The summed E-state index contributed by atoms with van der Waals surface area (Å²) in [5.74, 6) is 2.27. The van der Waals surface area contributed by atoms with Gasteiger partial charge in [0.25, 0.3) is 0 Å². The number of hydrogen-bond acceptors (Lipinski definition) is 8. The third-order valence-corrected chi connectivity index (χ3v) is 10.7. The van der Waals surface area contributed by atoms with E-state index in [-0.39, 0.29) is 24.2 Å². The van der Waals surface area contributed by atoms with Crippen molar-refractivity contribution < 1.29 is 23.6 Å². The lowest BCUT2D eigenvalue weighted by atomic mass is 9.48. The molecule has 1 saturated heterocycles. The molecule has 0 amide bonds. The number of ketones is 1. The van der Waals surface area contributed by atoms with E-state index in [1.807, 2.05) is 51.1 Å². The first-order chi connectivity index (χ1) is 20.2. The molecule has 2 saturated carbocycles. The number of esters is 1. The van der Waals surface area contributed by atoms with Gasteiger partial charge in [0.1, 0.15) is 11.4 Å². The van der Waals surface area contributed by atoms with Crippen LogP contribution in [0.2, 0.25) is 0 Å². The maximum absolute atomic E-state index is 14.1. The molecule has 0 radical (unpaired) electrons. The molecule has 2 bridgehead atoms. The van der Waals surface area contributed by atoms with E-state index in [1.165, 1.54) is 18.4 Å². The molecule has 8 rings (SSSR count). The van der Waals surface area contributed by atoms with Gasteiger partial charge in [-0.2, -0.15) is 4.98 Å². The Bertz CT molecular complexity index is 1590. The predicted molar refractivity (Wildman–Crippen MR) is 154 cm³/mol. The number of hydrogen-bond donors (Lipinski definition) is 0. The molecule has 2 aromatic carbocycles. The quantitative estimate of drug-likeness (QED) is 0.364. The molecule has 3 fully saturated rings. The van der Waals surface area contributed by atoms with E-state index in [9.17, 15) is 9.59 Å². The topological polar surface area (TPSA) is 94.8 Å². The number of nitrogens with zero attached hydrogens (tertiary/aromatic N) is 3. The first kappa shape index (κ1) is 26.1. The summed E-state index contributed by atoms with van der Waals surface area (Å²) >= 11 is 0. The maximum atomic E-state index is 14.1. The van der Waals surface area contributed by atoms with Crippen LogP contribution in [-0.4, -0.2) is 57.6 Å². The maximum Gasteiger partial charge on any atom is 0.307 e. The van der Waals surface area contributed by atoms with E-state index in [0.717, 1.165) is 48.4 Å². The third kappa shape index (κ3) is 3.63. The van der Waals surface area contributed by atoms with Crippen molar-refractivity contribution in [3.05, 3.63) is 65.0 Å². The van der Waals surface area contributed by atoms with Crippen LogP contribution in [0.5, 0.6) is 5.75 Å². The highest BCUT2D eigenvalue weighted by Gasteiger charge is 2.75. The number of aromatic nitrogens is 2. The number of aryl methyl sites for hydroxylation is 1. The molecule has 0 N–H and O–H groups in total. The molecule has 3 aliphatic carbocycles. The third-order valence-electron chi connectivity index (χ3n) is 10.7. The van der Waals surface area contributed by atoms with Crippen molar-refractivity contribution in [2.75, 3.05) is 13.1 Å². The smallest absolute Gasteiger partial charge is 0.307 e. The molecule has 1 aromatic heterocycles. The summed E-state index contributed by atoms with van der Waals surface area (Å²) in [4.78, 5) is 34.9. The Morgan fingerprint density at radius 1 is 1.14 bits per heavy atom. The van der Waals surface area contributed by atoms with Crippen molar-refractivity contribution in [3.63, 3.8) is 0 Å². The van der Waals surface area contributed by atoms with Gasteiger partial charge < -0.3 is 14.0 Å². The van der Waals surface area contributed by atoms with Gasteiger partial charge in [-0.1, -0.05) is 61.5 Å². The lowest BCUT2D eigenvalue weighted by molar-refractivity contribution is -0.217. The minimum absolute atomic E-state index is 0.00681. The predicted octanol–water partition coefficient (Wildman–Crippen LogP) is 5.10. The largest absolute Gasteiger partial charge is 0.481 e. The number of ether oxygens (including phenoxy) is 2. The molecule has 42 heavy (non-hydrogen) atoms. The highest BCUT2D eigenvalue weighted by atomic mass is 16.6. The van der Waals surface area contributed by atoms with E-state index < -0.39 is 22.5 Å². The van der Waals surface area contributed by atoms with Crippen LogP contribution in [0.1, 0.15) is 75.0 Å². The fourth-order valence-corrected chi connectivity index (χ4v) is 8.47. The van der Waals surface area contributed by atoms with Gasteiger partial charge in [0.15, 0.2) is 11.9 Å².